The molecule has 0 atom stereocenters. The van der Waals surface area contributed by atoms with Crippen molar-refractivity contribution in [3.05, 3.63) is 47.6 Å². The largest absolute Gasteiger partial charge is 0.496 e. The first kappa shape index (κ1) is 13.6. The Morgan fingerprint density at radius 3 is 2.52 bits per heavy atom. The van der Waals surface area contributed by atoms with Crippen molar-refractivity contribution in [3.63, 3.8) is 0 Å². The lowest BCUT2D eigenvalue weighted by molar-refractivity contribution is 0.415. The van der Waals surface area contributed by atoms with Crippen LogP contribution in [0.15, 0.2) is 42.6 Å². The van der Waals surface area contributed by atoms with Crippen molar-refractivity contribution in [1.29, 1.82) is 0 Å². The number of fused-ring (bicyclic) bond motifs is 1. The quantitative estimate of drug-likeness (QED) is 0.734. The highest BCUT2D eigenvalue weighted by molar-refractivity contribution is 6.31. The Morgan fingerprint density at radius 2 is 1.76 bits per heavy atom. The average molecular weight is 301 g/mol. The van der Waals surface area contributed by atoms with Crippen molar-refractivity contribution in [2.24, 2.45) is 0 Å². The molecule has 0 aliphatic rings. The van der Waals surface area contributed by atoms with Gasteiger partial charge in [-0.05, 0) is 42.0 Å². The summed E-state index contributed by atoms with van der Waals surface area (Å²) >= 11 is 6.10. The summed E-state index contributed by atoms with van der Waals surface area (Å²) in [5.41, 5.74) is 2.56. The summed E-state index contributed by atoms with van der Waals surface area (Å²) in [5, 5.41) is 9.63. The molecule has 0 aliphatic heterocycles. The van der Waals surface area contributed by atoms with Gasteiger partial charge in [0, 0.05) is 16.0 Å². The summed E-state index contributed by atoms with van der Waals surface area (Å²) in [6, 6.07) is 11.3. The van der Waals surface area contributed by atoms with Gasteiger partial charge in [-0.3, -0.25) is 0 Å². The van der Waals surface area contributed by atoms with Crippen LogP contribution in [-0.2, 0) is 0 Å². The van der Waals surface area contributed by atoms with E-state index in [0.29, 0.717) is 5.02 Å². The van der Waals surface area contributed by atoms with E-state index < -0.39 is 0 Å². The minimum Gasteiger partial charge on any atom is -0.496 e. The Hall–Kier alpha value is -2.33. The minimum absolute atomic E-state index is 0.643. The van der Waals surface area contributed by atoms with Crippen LogP contribution >= 0.6 is 11.6 Å². The van der Waals surface area contributed by atoms with Crippen molar-refractivity contribution >= 4 is 22.5 Å². The van der Waals surface area contributed by atoms with Gasteiger partial charge in [0.1, 0.15) is 11.5 Å². The molecule has 0 amide bonds. The number of ether oxygens (including phenoxy) is 2. The number of benzene rings is 2. The lowest BCUT2D eigenvalue weighted by atomic mass is 10.0. The molecule has 4 nitrogen and oxygen atoms in total. The van der Waals surface area contributed by atoms with Gasteiger partial charge >= 0.3 is 0 Å². The molecule has 0 spiro atoms. The molecule has 0 saturated heterocycles. The van der Waals surface area contributed by atoms with Crippen molar-refractivity contribution in [3.8, 4) is 22.6 Å². The Labute approximate surface area is 127 Å². The predicted molar refractivity (Wildman–Crippen MR) is 83.1 cm³/mol. The van der Waals surface area contributed by atoms with Crippen LogP contribution < -0.4 is 9.47 Å². The second-order valence-corrected chi connectivity index (χ2v) is 4.92. The zero-order valence-electron chi connectivity index (χ0n) is 11.6. The molecule has 0 bridgehead atoms. The SMILES string of the molecule is COc1ccc(Cl)cc1-c1cc(OC)c2ccnnc2c1. The molecule has 0 unspecified atom stereocenters. The normalized spacial score (nSPS) is 10.6. The van der Waals surface area contributed by atoms with Crippen LogP contribution in [0.1, 0.15) is 0 Å². The monoisotopic (exact) mass is 300 g/mol. The zero-order valence-corrected chi connectivity index (χ0v) is 12.4. The molecule has 0 N–H and O–H groups in total. The van der Waals surface area contributed by atoms with Crippen molar-refractivity contribution < 1.29 is 9.47 Å². The first-order chi connectivity index (χ1) is 10.2. The standard InChI is InChI=1S/C16H13ClN2O2/c1-20-15-4-3-11(17)9-13(15)10-7-14-12(5-6-18-19-14)16(8-10)21-2/h3-9H,1-2H3. The van der Waals surface area contributed by atoms with Crippen LogP contribution in [-0.4, -0.2) is 24.4 Å². The molecule has 106 valence electrons. The number of hydrogen-bond acceptors (Lipinski definition) is 4. The van der Waals surface area contributed by atoms with Crippen molar-refractivity contribution in [2.75, 3.05) is 14.2 Å². The van der Waals surface area contributed by atoms with Gasteiger partial charge in [-0.15, -0.1) is 0 Å². The van der Waals surface area contributed by atoms with Gasteiger partial charge in [-0.1, -0.05) is 11.6 Å². The van der Waals surface area contributed by atoms with Gasteiger partial charge in [0.25, 0.3) is 0 Å². The maximum absolute atomic E-state index is 6.10. The third-order valence-corrected chi connectivity index (χ3v) is 3.52. The molecule has 0 aliphatic carbocycles. The molecule has 0 saturated carbocycles. The van der Waals surface area contributed by atoms with E-state index in [4.69, 9.17) is 21.1 Å². The highest BCUT2D eigenvalue weighted by Gasteiger charge is 2.11. The summed E-state index contributed by atoms with van der Waals surface area (Å²) in [6.07, 6.45) is 1.64. The summed E-state index contributed by atoms with van der Waals surface area (Å²) in [6.45, 7) is 0. The molecule has 5 heteroatoms. The molecule has 21 heavy (non-hydrogen) atoms. The second kappa shape index (κ2) is 5.58. The summed E-state index contributed by atoms with van der Waals surface area (Å²) < 4.78 is 10.9. The Morgan fingerprint density at radius 1 is 0.952 bits per heavy atom. The zero-order chi connectivity index (χ0) is 14.8. The van der Waals surface area contributed by atoms with Crippen LogP contribution in [0, 0.1) is 0 Å². The molecular formula is C16H13ClN2O2. The fraction of sp³-hybridized carbons (Fsp3) is 0.125. The molecule has 0 fully saturated rings. The maximum atomic E-state index is 6.10. The maximum Gasteiger partial charge on any atom is 0.129 e. The number of rotatable bonds is 3. The average Bonchev–Trinajstić information content (AvgIpc) is 2.53. The van der Waals surface area contributed by atoms with E-state index >= 15 is 0 Å². The van der Waals surface area contributed by atoms with Gasteiger partial charge < -0.3 is 9.47 Å². The third kappa shape index (κ3) is 2.50. The van der Waals surface area contributed by atoms with Gasteiger partial charge in [0.05, 0.1) is 25.9 Å². The third-order valence-electron chi connectivity index (χ3n) is 3.29. The van der Waals surface area contributed by atoms with E-state index in [0.717, 1.165) is 33.5 Å². The van der Waals surface area contributed by atoms with E-state index in [1.807, 2.05) is 30.3 Å². The van der Waals surface area contributed by atoms with E-state index in [2.05, 4.69) is 10.2 Å². The summed E-state index contributed by atoms with van der Waals surface area (Å²) in [5.74, 6) is 1.48. The number of nitrogens with zero attached hydrogens (tertiary/aromatic N) is 2. The Bertz CT molecular complexity index is 805. The fourth-order valence-corrected chi connectivity index (χ4v) is 2.47. The van der Waals surface area contributed by atoms with Crippen LogP contribution in [0.25, 0.3) is 22.0 Å². The molecule has 1 heterocycles. The Balaban J connectivity index is 2.28. The lowest BCUT2D eigenvalue weighted by Gasteiger charge is -2.12. The van der Waals surface area contributed by atoms with Gasteiger partial charge in [0.15, 0.2) is 0 Å². The van der Waals surface area contributed by atoms with Crippen molar-refractivity contribution in [1.82, 2.24) is 10.2 Å². The summed E-state index contributed by atoms with van der Waals surface area (Å²) in [4.78, 5) is 0. The molecule has 3 rings (SSSR count). The topological polar surface area (TPSA) is 44.2 Å². The fourth-order valence-electron chi connectivity index (χ4n) is 2.30. The number of halogens is 1. The predicted octanol–water partition coefficient (Wildman–Crippen LogP) is 3.97. The number of hydrogen-bond donors (Lipinski definition) is 0. The minimum atomic E-state index is 0.643. The molecular weight excluding hydrogens is 288 g/mol. The molecule has 2 aromatic carbocycles. The van der Waals surface area contributed by atoms with Crippen molar-refractivity contribution in [2.45, 2.75) is 0 Å². The highest BCUT2D eigenvalue weighted by Crippen LogP contribution is 2.37. The summed E-state index contributed by atoms with van der Waals surface area (Å²) in [7, 11) is 3.26. The second-order valence-electron chi connectivity index (χ2n) is 4.49. The van der Waals surface area contributed by atoms with Crippen LogP contribution in [0.2, 0.25) is 5.02 Å². The van der Waals surface area contributed by atoms with E-state index in [-0.39, 0.29) is 0 Å². The smallest absolute Gasteiger partial charge is 0.129 e. The van der Waals surface area contributed by atoms with E-state index in [9.17, 15) is 0 Å². The van der Waals surface area contributed by atoms with Gasteiger partial charge in [-0.2, -0.15) is 10.2 Å². The first-order valence-electron chi connectivity index (χ1n) is 6.36. The Kier molecular flexibility index (Phi) is 3.62. The first-order valence-corrected chi connectivity index (χ1v) is 6.74. The van der Waals surface area contributed by atoms with Gasteiger partial charge in [-0.25, -0.2) is 0 Å². The van der Waals surface area contributed by atoms with Gasteiger partial charge in [0.2, 0.25) is 0 Å². The van der Waals surface area contributed by atoms with E-state index in [1.165, 1.54) is 0 Å². The number of methoxy groups -OCH3 is 2. The van der Waals surface area contributed by atoms with Crippen LogP contribution in [0.5, 0.6) is 11.5 Å². The highest BCUT2D eigenvalue weighted by atomic mass is 35.5. The molecule has 1 aromatic heterocycles. The molecule has 3 aromatic rings. The van der Waals surface area contributed by atoms with Crippen LogP contribution in [0.3, 0.4) is 0 Å². The van der Waals surface area contributed by atoms with E-state index in [1.54, 1.807) is 26.5 Å². The van der Waals surface area contributed by atoms with Crippen LogP contribution in [0.4, 0.5) is 0 Å². The molecule has 0 radical (unpaired) electrons. The number of aromatic nitrogens is 2. The lowest BCUT2D eigenvalue weighted by Crippen LogP contribution is -1.92.